The molecule has 1 unspecified atom stereocenters. The van der Waals surface area contributed by atoms with Crippen LogP contribution in [0.15, 0.2) is 240 Å². The van der Waals surface area contributed by atoms with E-state index in [4.69, 9.17) is 0 Å². The first-order valence-electron chi connectivity index (χ1n) is 23.0. The van der Waals surface area contributed by atoms with Gasteiger partial charge in [-0.3, -0.25) is 0 Å². The Balaban J connectivity index is 1.04. The molecule has 2 nitrogen and oxygen atoms in total. The van der Waals surface area contributed by atoms with Crippen LogP contribution >= 0.6 is 23.1 Å². The lowest BCUT2D eigenvalue weighted by molar-refractivity contribution is 0.707. The fraction of sp³-hybridized carbons (Fsp3) is 0.0159. The van der Waals surface area contributed by atoms with E-state index in [1.807, 2.05) is 23.1 Å². The van der Waals surface area contributed by atoms with E-state index in [1.165, 1.54) is 112 Å². The first-order chi connectivity index (χ1) is 33.2. The van der Waals surface area contributed by atoms with E-state index in [1.54, 1.807) is 0 Å². The molecule has 4 heteroatoms. The number of hydrogen-bond acceptors (Lipinski definition) is 3. The molecule has 1 aliphatic carbocycles. The fourth-order valence-corrected chi connectivity index (χ4v) is 14.1. The van der Waals surface area contributed by atoms with Crippen molar-refractivity contribution in [3.63, 3.8) is 0 Å². The lowest BCUT2D eigenvalue weighted by atomic mass is 9.59. The summed E-state index contributed by atoms with van der Waals surface area (Å²) in [5.41, 5.74) is 14.2. The van der Waals surface area contributed by atoms with Gasteiger partial charge in [-0.2, -0.15) is 0 Å². The zero-order chi connectivity index (χ0) is 43.8. The van der Waals surface area contributed by atoms with Gasteiger partial charge in [-0.15, -0.1) is 11.3 Å². The molecule has 0 fully saturated rings. The highest BCUT2D eigenvalue weighted by molar-refractivity contribution is 7.99. The summed E-state index contributed by atoms with van der Waals surface area (Å²) in [5, 5.41) is 10.1. The minimum atomic E-state index is -0.568. The van der Waals surface area contributed by atoms with E-state index >= 15 is 0 Å². The van der Waals surface area contributed by atoms with Gasteiger partial charge in [-0.05, 0) is 122 Å². The number of rotatable bonds is 4. The predicted molar refractivity (Wildman–Crippen MR) is 285 cm³/mol. The molecule has 15 rings (SSSR count). The van der Waals surface area contributed by atoms with Gasteiger partial charge in [-0.1, -0.05) is 169 Å². The van der Waals surface area contributed by atoms with E-state index in [-0.39, 0.29) is 0 Å². The summed E-state index contributed by atoms with van der Waals surface area (Å²) in [6.45, 7) is 0. The molecule has 0 saturated heterocycles. The van der Waals surface area contributed by atoms with E-state index in [9.17, 15) is 0 Å². The SMILES string of the molecule is c1ccc2c(c1)Sc1ccc(N(c3ccc4sc5ccccc5c4c3)c3ccc4c5ccccc5n(-c5cccc6ccccc56)c4c3)cc1C21c2ccccc2-c2cccc3cccc1c23. The monoisotopic (exact) mass is 886 g/mol. The van der Waals surface area contributed by atoms with Gasteiger partial charge in [0.25, 0.3) is 0 Å². The highest BCUT2D eigenvalue weighted by Crippen LogP contribution is 2.62. The van der Waals surface area contributed by atoms with Crippen LogP contribution < -0.4 is 4.90 Å². The molecule has 1 aliphatic heterocycles. The van der Waals surface area contributed by atoms with Gasteiger partial charge in [0.05, 0.1) is 22.1 Å². The number of hydrogen-bond donors (Lipinski definition) is 0. The summed E-state index contributed by atoms with van der Waals surface area (Å²) < 4.78 is 5.08. The molecular weight excluding hydrogens is 849 g/mol. The number of thiophene rings is 1. The standard InChI is InChI=1S/C63H38N2S2/c1-2-18-44-39(14-1)15-13-27-55(44)65-56-26-8-4-20-46(56)47-33-30-43(38-57(47)65)64(41-31-34-59-50(36-41)48-21-5-9-28-58(48)66-59)42-32-35-61-54(37-42)63(52-24-7-10-29-60(52)67-61)51-23-6-3-19-45(51)49-22-11-16-40-17-12-25-53(63)62(40)49/h1-38H. The van der Waals surface area contributed by atoms with Crippen LogP contribution in [-0.2, 0) is 5.41 Å². The van der Waals surface area contributed by atoms with Gasteiger partial charge in [-0.25, -0.2) is 0 Å². The first-order valence-corrected chi connectivity index (χ1v) is 24.6. The molecule has 67 heavy (non-hydrogen) atoms. The van der Waals surface area contributed by atoms with Gasteiger partial charge < -0.3 is 9.47 Å². The Hall–Kier alpha value is -7.89. The van der Waals surface area contributed by atoms with Crippen LogP contribution in [0.2, 0.25) is 0 Å². The van der Waals surface area contributed by atoms with E-state index in [0.717, 1.165) is 17.1 Å². The molecule has 2 aliphatic rings. The summed E-state index contributed by atoms with van der Waals surface area (Å²) in [5.74, 6) is 0. The van der Waals surface area contributed by atoms with E-state index in [2.05, 4.69) is 240 Å². The number of para-hydroxylation sites is 1. The fourth-order valence-electron chi connectivity index (χ4n) is 11.9. The Labute approximate surface area is 395 Å². The second-order valence-electron chi connectivity index (χ2n) is 17.9. The highest BCUT2D eigenvalue weighted by atomic mass is 32.2. The minimum absolute atomic E-state index is 0.568. The van der Waals surface area contributed by atoms with Crippen molar-refractivity contribution >= 4 is 104 Å². The Bertz CT molecular complexity index is 4220. The molecule has 11 aromatic carbocycles. The summed E-state index contributed by atoms with van der Waals surface area (Å²) in [6, 6.07) is 86.7. The third kappa shape index (κ3) is 5.17. The number of benzene rings is 11. The van der Waals surface area contributed by atoms with Crippen LogP contribution in [0.5, 0.6) is 0 Å². The Morgan fingerprint density at radius 2 is 0.970 bits per heavy atom. The smallest absolute Gasteiger partial charge is 0.0736 e. The van der Waals surface area contributed by atoms with E-state index < -0.39 is 5.41 Å². The third-order valence-electron chi connectivity index (χ3n) is 14.6. The van der Waals surface area contributed by atoms with E-state index in [0.29, 0.717) is 0 Å². The average molecular weight is 887 g/mol. The van der Waals surface area contributed by atoms with Crippen molar-refractivity contribution in [2.24, 2.45) is 0 Å². The van der Waals surface area contributed by atoms with Gasteiger partial charge in [0.15, 0.2) is 0 Å². The first kappa shape index (κ1) is 37.3. The van der Waals surface area contributed by atoms with Crippen LogP contribution in [-0.4, -0.2) is 4.57 Å². The highest BCUT2D eigenvalue weighted by Gasteiger charge is 2.48. The number of aromatic nitrogens is 1. The third-order valence-corrected chi connectivity index (χ3v) is 16.9. The lowest BCUT2D eigenvalue weighted by Gasteiger charge is -2.46. The number of anilines is 3. The van der Waals surface area contributed by atoms with Crippen LogP contribution in [0.3, 0.4) is 0 Å². The topological polar surface area (TPSA) is 8.17 Å². The van der Waals surface area contributed by atoms with Crippen LogP contribution in [0.1, 0.15) is 22.3 Å². The number of fused-ring (bicyclic) bond motifs is 15. The van der Waals surface area contributed by atoms with Gasteiger partial charge in [0, 0.05) is 63.2 Å². The summed E-state index contributed by atoms with van der Waals surface area (Å²) in [6.07, 6.45) is 0. The molecule has 0 bridgehead atoms. The van der Waals surface area contributed by atoms with Gasteiger partial charge in [0.1, 0.15) is 0 Å². The largest absolute Gasteiger partial charge is 0.310 e. The quantitative estimate of drug-likeness (QED) is 0.174. The second-order valence-corrected chi connectivity index (χ2v) is 20.1. The molecule has 1 atom stereocenters. The normalized spacial score (nSPS) is 14.9. The maximum Gasteiger partial charge on any atom is 0.0736 e. The zero-order valence-corrected chi connectivity index (χ0v) is 37.8. The van der Waals surface area contributed by atoms with Crippen LogP contribution in [0.4, 0.5) is 17.1 Å². The summed E-state index contributed by atoms with van der Waals surface area (Å²) in [4.78, 5) is 5.09. The van der Waals surface area contributed by atoms with Crippen molar-refractivity contribution in [3.8, 4) is 16.8 Å². The molecule has 0 N–H and O–H groups in total. The molecular formula is C63H38N2S2. The van der Waals surface area contributed by atoms with Crippen molar-refractivity contribution in [1.29, 1.82) is 0 Å². The zero-order valence-electron chi connectivity index (χ0n) is 36.2. The summed E-state index contributed by atoms with van der Waals surface area (Å²) >= 11 is 3.76. The molecule has 13 aromatic rings. The molecule has 1 spiro atoms. The predicted octanol–water partition coefficient (Wildman–Crippen LogP) is 17.8. The Morgan fingerprint density at radius 3 is 1.91 bits per heavy atom. The van der Waals surface area contributed by atoms with Crippen molar-refractivity contribution in [3.05, 3.63) is 253 Å². The van der Waals surface area contributed by atoms with Gasteiger partial charge in [0.2, 0.25) is 0 Å². The maximum atomic E-state index is 2.53. The van der Waals surface area contributed by atoms with Crippen molar-refractivity contribution in [2.45, 2.75) is 15.2 Å². The van der Waals surface area contributed by atoms with Crippen molar-refractivity contribution in [2.75, 3.05) is 4.90 Å². The molecule has 312 valence electrons. The molecule has 0 radical (unpaired) electrons. The summed E-state index contributed by atoms with van der Waals surface area (Å²) in [7, 11) is 0. The Morgan fingerprint density at radius 1 is 0.358 bits per heavy atom. The van der Waals surface area contributed by atoms with Crippen molar-refractivity contribution < 1.29 is 0 Å². The molecule has 3 heterocycles. The maximum absolute atomic E-state index is 2.53. The van der Waals surface area contributed by atoms with Crippen LogP contribution in [0, 0.1) is 0 Å². The van der Waals surface area contributed by atoms with Crippen LogP contribution in [0.25, 0.3) is 80.3 Å². The lowest BCUT2D eigenvalue weighted by Crippen LogP contribution is -2.36. The average Bonchev–Trinajstić information content (AvgIpc) is 3.93. The molecule has 0 amide bonds. The van der Waals surface area contributed by atoms with Gasteiger partial charge >= 0.3 is 0 Å². The minimum Gasteiger partial charge on any atom is -0.310 e. The number of nitrogens with zero attached hydrogens (tertiary/aromatic N) is 2. The Kier molecular flexibility index (Phi) is 7.84. The second kappa shape index (κ2) is 14.1. The molecule has 0 saturated carbocycles. The molecule has 2 aromatic heterocycles. The van der Waals surface area contributed by atoms with Crippen molar-refractivity contribution in [1.82, 2.24) is 4.57 Å².